The Hall–Kier alpha value is -0.200. The summed E-state index contributed by atoms with van der Waals surface area (Å²) in [6, 6.07) is 7.01. The molecule has 104 valence electrons. The van der Waals surface area contributed by atoms with E-state index in [-0.39, 0.29) is 0 Å². The Bertz CT molecular complexity index is 481. The Morgan fingerprint density at radius 2 is 2.21 bits per heavy atom. The Balaban J connectivity index is 1.71. The number of halogens is 1. The topological polar surface area (TPSA) is 15.3 Å². The lowest BCUT2D eigenvalue weighted by atomic mass is 10.3. The number of nitrogens with zero attached hydrogens (tertiary/aromatic N) is 1. The van der Waals surface area contributed by atoms with Crippen LogP contribution < -0.4 is 5.32 Å². The lowest BCUT2D eigenvalue weighted by Gasteiger charge is -2.24. The molecule has 1 N–H and O–H groups in total. The second kappa shape index (κ2) is 7.55. The van der Waals surface area contributed by atoms with Gasteiger partial charge in [-0.3, -0.25) is 4.90 Å². The first-order chi connectivity index (χ1) is 9.15. The van der Waals surface area contributed by atoms with Gasteiger partial charge in [0.05, 0.1) is 0 Å². The van der Waals surface area contributed by atoms with Crippen molar-refractivity contribution >= 4 is 38.6 Å². The zero-order valence-corrected chi connectivity index (χ0v) is 14.4. The predicted octanol–water partition coefficient (Wildman–Crippen LogP) is 4.18. The van der Waals surface area contributed by atoms with Crippen LogP contribution in [-0.4, -0.2) is 24.5 Å². The number of hydrogen-bond donors (Lipinski definition) is 1. The van der Waals surface area contributed by atoms with Crippen molar-refractivity contribution in [3.8, 4) is 0 Å². The first-order valence-corrected chi connectivity index (χ1v) is 8.86. The molecule has 19 heavy (non-hydrogen) atoms. The third-order valence-corrected chi connectivity index (χ3v) is 5.66. The lowest BCUT2D eigenvalue weighted by Crippen LogP contribution is -2.37. The average molecular weight is 359 g/mol. The maximum absolute atomic E-state index is 3.52. The molecule has 0 amide bonds. The summed E-state index contributed by atoms with van der Waals surface area (Å²) in [4.78, 5) is 5.19. The summed E-state index contributed by atoms with van der Waals surface area (Å²) >= 11 is 7.12. The molecule has 0 spiro atoms. The molecule has 0 aliphatic heterocycles. The predicted molar refractivity (Wildman–Crippen MR) is 89.0 cm³/mol. The van der Waals surface area contributed by atoms with Crippen molar-refractivity contribution in [1.82, 2.24) is 10.2 Å². The fraction of sp³-hybridized carbons (Fsp3) is 0.429. The van der Waals surface area contributed by atoms with E-state index in [9.17, 15) is 0 Å². The van der Waals surface area contributed by atoms with Crippen LogP contribution in [0.3, 0.4) is 0 Å². The van der Waals surface area contributed by atoms with Crippen LogP contribution in [0.2, 0.25) is 0 Å². The molecule has 1 atom stereocenters. The van der Waals surface area contributed by atoms with Crippen LogP contribution in [0.25, 0.3) is 0 Å². The van der Waals surface area contributed by atoms with Gasteiger partial charge < -0.3 is 5.32 Å². The highest BCUT2D eigenvalue weighted by atomic mass is 79.9. The number of nitrogens with one attached hydrogen (secondary N) is 1. The van der Waals surface area contributed by atoms with Crippen molar-refractivity contribution in [1.29, 1.82) is 0 Å². The van der Waals surface area contributed by atoms with Crippen LogP contribution in [0.1, 0.15) is 16.7 Å². The van der Waals surface area contributed by atoms with E-state index in [1.807, 2.05) is 22.7 Å². The van der Waals surface area contributed by atoms with Gasteiger partial charge in [-0.25, -0.2) is 0 Å². The fourth-order valence-corrected chi connectivity index (χ4v) is 4.00. The zero-order valence-electron chi connectivity index (χ0n) is 11.2. The van der Waals surface area contributed by atoms with E-state index in [1.54, 1.807) is 0 Å². The molecule has 5 heteroatoms. The number of likely N-dealkylation sites (N-methyl/N-ethyl adjacent to an activating group) is 1. The molecule has 0 radical (unpaired) electrons. The highest BCUT2D eigenvalue weighted by Gasteiger charge is 2.10. The van der Waals surface area contributed by atoms with E-state index in [1.165, 1.54) is 14.2 Å². The van der Waals surface area contributed by atoms with Crippen LogP contribution in [0.15, 0.2) is 33.4 Å². The second-order valence-corrected chi connectivity index (χ2v) is 7.65. The molecular formula is C14H19BrN2S2. The van der Waals surface area contributed by atoms with Crippen molar-refractivity contribution < 1.29 is 0 Å². The molecule has 2 rings (SSSR count). The third kappa shape index (κ3) is 5.00. The maximum atomic E-state index is 3.52. The fourth-order valence-electron chi connectivity index (χ4n) is 1.81. The van der Waals surface area contributed by atoms with E-state index in [0.717, 1.165) is 19.6 Å². The molecule has 2 nitrogen and oxygen atoms in total. The first-order valence-electron chi connectivity index (χ1n) is 6.31. The molecule has 2 aromatic heterocycles. The second-order valence-electron chi connectivity index (χ2n) is 4.71. The highest BCUT2D eigenvalue weighted by molar-refractivity contribution is 9.10. The molecule has 0 saturated carbocycles. The Morgan fingerprint density at radius 1 is 1.37 bits per heavy atom. The summed E-state index contributed by atoms with van der Waals surface area (Å²) < 4.78 is 1.18. The number of thiophene rings is 2. The molecular weight excluding hydrogens is 340 g/mol. The summed E-state index contributed by atoms with van der Waals surface area (Å²) in [5, 5.41) is 7.79. The van der Waals surface area contributed by atoms with Crippen LogP contribution in [0.4, 0.5) is 0 Å². The standard InChI is InChI=1S/C14H19BrN2S2/c1-11(7-16-8-13-4-3-5-18-13)17(2)9-14-6-12(15)10-19-14/h3-6,10-11,16H,7-9H2,1-2H3. The molecule has 0 bridgehead atoms. The number of hydrogen-bond acceptors (Lipinski definition) is 4. The summed E-state index contributed by atoms with van der Waals surface area (Å²) in [6.07, 6.45) is 0. The van der Waals surface area contributed by atoms with E-state index in [0.29, 0.717) is 6.04 Å². The largest absolute Gasteiger partial charge is 0.310 e. The van der Waals surface area contributed by atoms with Crippen molar-refractivity contribution in [3.63, 3.8) is 0 Å². The Kier molecular flexibility index (Phi) is 6.04. The minimum Gasteiger partial charge on any atom is -0.310 e. The van der Waals surface area contributed by atoms with E-state index in [2.05, 4.69) is 69.1 Å². The van der Waals surface area contributed by atoms with Gasteiger partial charge in [0.15, 0.2) is 0 Å². The summed E-state index contributed by atoms with van der Waals surface area (Å²) in [5.74, 6) is 0. The van der Waals surface area contributed by atoms with Crippen molar-refractivity contribution in [3.05, 3.63) is 43.2 Å². The molecule has 2 heterocycles. The van der Waals surface area contributed by atoms with Crippen molar-refractivity contribution in [2.24, 2.45) is 0 Å². The molecule has 0 aromatic carbocycles. The molecule has 0 aliphatic carbocycles. The SMILES string of the molecule is CC(CNCc1cccs1)N(C)Cc1cc(Br)cs1. The van der Waals surface area contributed by atoms with Gasteiger partial charge in [-0.15, -0.1) is 22.7 Å². The Labute approximate surface area is 131 Å². The molecule has 0 saturated heterocycles. The zero-order chi connectivity index (χ0) is 13.7. The Morgan fingerprint density at radius 3 is 2.84 bits per heavy atom. The van der Waals surface area contributed by atoms with Gasteiger partial charge in [-0.1, -0.05) is 6.07 Å². The molecule has 0 fully saturated rings. The lowest BCUT2D eigenvalue weighted by molar-refractivity contribution is 0.244. The normalized spacial score (nSPS) is 13.1. The van der Waals surface area contributed by atoms with Gasteiger partial charge in [-0.05, 0) is 47.4 Å². The molecule has 2 aromatic rings. The van der Waals surface area contributed by atoms with Crippen LogP contribution in [-0.2, 0) is 13.1 Å². The van der Waals surface area contributed by atoms with Crippen molar-refractivity contribution in [2.75, 3.05) is 13.6 Å². The van der Waals surface area contributed by atoms with Crippen molar-refractivity contribution in [2.45, 2.75) is 26.1 Å². The molecule has 0 aliphatic rings. The van der Waals surface area contributed by atoms with Gasteiger partial charge in [0.1, 0.15) is 0 Å². The van der Waals surface area contributed by atoms with Crippen LogP contribution in [0, 0.1) is 0 Å². The third-order valence-electron chi connectivity index (χ3n) is 3.10. The monoisotopic (exact) mass is 358 g/mol. The summed E-state index contributed by atoms with van der Waals surface area (Å²) in [5.41, 5.74) is 0. The number of rotatable bonds is 7. The van der Waals surface area contributed by atoms with E-state index in [4.69, 9.17) is 0 Å². The smallest absolute Gasteiger partial charge is 0.0328 e. The van der Waals surface area contributed by atoms with Crippen LogP contribution in [0.5, 0.6) is 0 Å². The molecule has 1 unspecified atom stereocenters. The summed E-state index contributed by atoms with van der Waals surface area (Å²) in [7, 11) is 2.19. The van der Waals surface area contributed by atoms with Gasteiger partial charge in [-0.2, -0.15) is 0 Å². The van der Waals surface area contributed by atoms with Gasteiger partial charge in [0, 0.05) is 45.3 Å². The quantitative estimate of drug-likeness (QED) is 0.798. The maximum Gasteiger partial charge on any atom is 0.0328 e. The van der Waals surface area contributed by atoms with E-state index >= 15 is 0 Å². The average Bonchev–Trinajstić information content (AvgIpc) is 3.01. The first kappa shape index (κ1) is 15.2. The van der Waals surface area contributed by atoms with Crippen LogP contribution >= 0.6 is 38.6 Å². The van der Waals surface area contributed by atoms with Gasteiger partial charge >= 0.3 is 0 Å². The van der Waals surface area contributed by atoms with Gasteiger partial charge in [0.25, 0.3) is 0 Å². The minimum atomic E-state index is 0.529. The minimum absolute atomic E-state index is 0.529. The highest BCUT2D eigenvalue weighted by Crippen LogP contribution is 2.21. The van der Waals surface area contributed by atoms with Gasteiger partial charge in [0.2, 0.25) is 0 Å². The van der Waals surface area contributed by atoms with E-state index < -0.39 is 0 Å². The summed E-state index contributed by atoms with van der Waals surface area (Å²) in [6.45, 7) is 5.27.